The molecule has 0 spiro atoms. The number of nitrogens with one attached hydrogen (secondary N) is 1. The molecule has 4 rings (SSSR count). The molecular formula is C28H29ClN2O3. The van der Waals surface area contributed by atoms with Crippen molar-refractivity contribution in [3.05, 3.63) is 101 Å². The molecule has 34 heavy (non-hydrogen) atoms. The standard InChI is InChI=1S/C28H29ClN2O3/c1-28(2,3)30-27(33)26(21-9-13-22(29)14-10-21)31-24(17-25(31)32)20-11-15-23(16-12-20)34-18-19-7-5-4-6-8-19/h4-16,24,26H,17-18H2,1-3H3,(H,30,33). The molecule has 1 aliphatic heterocycles. The summed E-state index contributed by atoms with van der Waals surface area (Å²) in [5.74, 6) is 0.485. The Morgan fingerprint density at radius 3 is 2.26 bits per heavy atom. The van der Waals surface area contributed by atoms with Crippen LogP contribution in [0.3, 0.4) is 0 Å². The number of rotatable bonds is 7. The number of likely N-dealkylation sites (tertiary alicyclic amines) is 1. The van der Waals surface area contributed by atoms with Crippen LogP contribution in [0.4, 0.5) is 0 Å². The average molecular weight is 477 g/mol. The van der Waals surface area contributed by atoms with E-state index >= 15 is 0 Å². The molecule has 3 aromatic carbocycles. The van der Waals surface area contributed by atoms with Crippen LogP contribution >= 0.6 is 11.6 Å². The van der Waals surface area contributed by atoms with Gasteiger partial charge in [0, 0.05) is 10.6 Å². The SMILES string of the molecule is CC(C)(C)NC(=O)C(c1ccc(Cl)cc1)N1C(=O)CC1c1ccc(OCc2ccccc2)cc1. The van der Waals surface area contributed by atoms with Crippen LogP contribution in [0.5, 0.6) is 5.75 Å². The quantitative estimate of drug-likeness (QED) is 0.435. The molecule has 1 aliphatic rings. The predicted molar refractivity (Wildman–Crippen MR) is 134 cm³/mol. The molecule has 3 aromatic rings. The van der Waals surface area contributed by atoms with Crippen molar-refractivity contribution in [1.82, 2.24) is 10.2 Å². The molecule has 2 amide bonds. The van der Waals surface area contributed by atoms with Gasteiger partial charge in [-0.2, -0.15) is 0 Å². The first-order valence-electron chi connectivity index (χ1n) is 11.4. The van der Waals surface area contributed by atoms with Gasteiger partial charge in [-0.1, -0.05) is 66.2 Å². The van der Waals surface area contributed by atoms with Gasteiger partial charge in [-0.05, 0) is 61.7 Å². The molecule has 176 valence electrons. The topological polar surface area (TPSA) is 58.6 Å². The number of halogens is 1. The highest BCUT2D eigenvalue weighted by Gasteiger charge is 2.45. The summed E-state index contributed by atoms with van der Waals surface area (Å²) in [5, 5.41) is 3.61. The fourth-order valence-electron chi connectivity index (χ4n) is 4.08. The number of carbonyl (C=O) groups excluding carboxylic acids is 2. The second kappa shape index (κ2) is 9.90. The number of hydrogen-bond donors (Lipinski definition) is 1. The lowest BCUT2D eigenvalue weighted by Crippen LogP contribution is -2.55. The summed E-state index contributed by atoms with van der Waals surface area (Å²) < 4.78 is 5.89. The number of amides is 2. The summed E-state index contributed by atoms with van der Waals surface area (Å²) in [6.45, 7) is 6.26. The van der Waals surface area contributed by atoms with Crippen molar-refractivity contribution < 1.29 is 14.3 Å². The first-order valence-corrected chi connectivity index (χ1v) is 11.7. The zero-order chi connectivity index (χ0) is 24.3. The second-order valence-electron chi connectivity index (χ2n) is 9.56. The summed E-state index contributed by atoms with van der Waals surface area (Å²) in [7, 11) is 0. The maximum absolute atomic E-state index is 13.3. The van der Waals surface area contributed by atoms with Gasteiger partial charge < -0.3 is 15.0 Å². The van der Waals surface area contributed by atoms with Crippen molar-refractivity contribution in [3.8, 4) is 5.75 Å². The van der Waals surface area contributed by atoms with Crippen LogP contribution in [0, 0.1) is 0 Å². The highest BCUT2D eigenvalue weighted by molar-refractivity contribution is 6.30. The largest absolute Gasteiger partial charge is 0.489 e. The van der Waals surface area contributed by atoms with Crippen LogP contribution in [0.25, 0.3) is 0 Å². The lowest BCUT2D eigenvalue weighted by atomic mass is 9.89. The summed E-state index contributed by atoms with van der Waals surface area (Å²) in [6, 6.07) is 23.9. The van der Waals surface area contributed by atoms with Gasteiger partial charge in [0.1, 0.15) is 18.4 Å². The molecule has 0 saturated carbocycles. The summed E-state index contributed by atoms with van der Waals surface area (Å²) in [6.07, 6.45) is 0.358. The van der Waals surface area contributed by atoms with E-state index in [-0.39, 0.29) is 17.9 Å². The van der Waals surface area contributed by atoms with Gasteiger partial charge in [0.25, 0.3) is 0 Å². The van der Waals surface area contributed by atoms with Crippen molar-refractivity contribution in [2.45, 2.75) is 51.4 Å². The second-order valence-corrected chi connectivity index (χ2v) is 9.99. The van der Waals surface area contributed by atoms with E-state index in [9.17, 15) is 9.59 Å². The molecule has 1 heterocycles. The maximum Gasteiger partial charge on any atom is 0.247 e. The normalized spacial score (nSPS) is 16.5. The van der Waals surface area contributed by atoms with Gasteiger partial charge in [0.05, 0.1) is 12.5 Å². The number of ether oxygens (including phenoxy) is 1. The lowest BCUT2D eigenvalue weighted by Gasteiger charge is -2.46. The first-order chi connectivity index (χ1) is 16.2. The minimum Gasteiger partial charge on any atom is -0.489 e. The molecular weight excluding hydrogens is 448 g/mol. The van der Waals surface area contributed by atoms with E-state index < -0.39 is 11.6 Å². The number of β-lactam (4-membered cyclic amide) rings is 1. The average Bonchev–Trinajstić information content (AvgIpc) is 2.80. The van der Waals surface area contributed by atoms with E-state index in [1.807, 2.05) is 75.4 Å². The van der Waals surface area contributed by atoms with E-state index in [2.05, 4.69) is 5.32 Å². The fourth-order valence-corrected chi connectivity index (χ4v) is 4.21. The highest BCUT2D eigenvalue weighted by atomic mass is 35.5. The van der Waals surface area contributed by atoms with Crippen molar-refractivity contribution in [3.63, 3.8) is 0 Å². The predicted octanol–water partition coefficient (Wildman–Crippen LogP) is 5.85. The summed E-state index contributed by atoms with van der Waals surface area (Å²) >= 11 is 6.07. The molecule has 2 unspecified atom stereocenters. The van der Waals surface area contributed by atoms with Crippen LogP contribution in [-0.2, 0) is 16.2 Å². The maximum atomic E-state index is 13.3. The van der Waals surface area contributed by atoms with Gasteiger partial charge >= 0.3 is 0 Å². The zero-order valence-electron chi connectivity index (χ0n) is 19.6. The molecule has 0 aromatic heterocycles. The molecule has 6 heteroatoms. The van der Waals surface area contributed by atoms with Crippen LogP contribution in [0.15, 0.2) is 78.9 Å². The third-order valence-electron chi connectivity index (χ3n) is 5.72. The minimum absolute atomic E-state index is 0.0570. The Kier molecular flexibility index (Phi) is 6.94. The summed E-state index contributed by atoms with van der Waals surface area (Å²) in [4.78, 5) is 27.8. The summed E-state index contributed by atoms with van der Waals surface area (Å²) in [5.41, 5.74) is 2.36. The van der Waals surface area contributed by atoms with E-state index in [0.29, 0.717) is 18.1 Å². The Morgan fingerprint density at radius 1 is 1.03 bits per heavy atom. The Morgan fingerprint density at radius 2 is 1.68 bits per heavy atom. The van der Waals surface area contributed by atoms with Gasteiger partial charge in [-0.15, -0.1) is 0 Å². The Labute approximate surface area is 205 Å². The number of carbonyl (C=O) groups is 2. The van der Waals surface area contributed by atoms with Crippen molar-refractivity contribution in [2.24, 2.45) is 0 Å². The van der Waals surface area contributed by atoms with E-state index in [0.717, 1.165) is 22.4 Å². The van der Waals surface area contributed by atoms with Crippen LogP contribution < -0.4 is 10.1 Å². The van der Waals surface area contributed by atoms with Gasteiger partial charge in [-0.3, -0.25) is 9.59 Å². The van der Waals surface area contributed by atoms with Gasteiger partial charge in [0.15, 0.2) is 0 Å². The molecule has 1 fully saturated rings. The van der Waals surface area contributed by atoms with E-state index in [4.69, 9.17) is 16.3 Å². The van der Waals surface area contributed by atoms with Crippen molar-refractivity contribution in [1.29, 1.82) is 0 Å². The highest BCUT2D eigenvalue weighted by Crippen LogP contribution is 2.42. The Hall–Kier alpha value is -3.31. The third kappa shape index (κ3) is 5.60. The van der Waals surface area contributed by atoms with Crippen molar-refractivity contribution >= 4 is 23.4 Å². The zero-order valence-corrected chi connectivity index (χ0v) is 20.4. The monoisotopic (exact) mass is 476 g/mol. The van der Waals surface area contributed by atoms with Crippen LogP contribution in [0.2, 0.25) is 5.02 Å². The molecule has 1 N–H and O–H groups in total. The molecule has 0 radical (unpaired) electrons. The first kappa shape index (κ1) is 23.8. The Balaban J connectivity index is 1.54. The molecule has 1 saturated heterocycles. The van der Waals surface area contributed by atoms with Crippen molar-refractivity contribution in [2.75, 3.05) is 0 Å². The smallest absolute Gasteiger partial charge is 0.247 e. The lowest BCUT2D eigenvalue weighted by molar-refractivity contribution is -0.156. The van der Waals surface area contributed by atoms with E-state index in [1.54, 1.807) is 29.2 Å². The molecule has 2 atom stereocenters. The van der Waals surface area contributed by atoms with Gasteiger partial charge in [-0.25, -0.2) is 0 Å². The van der Waals surface area contributed by atoms with Gasteiger partial charge in [0.2, 0.25) is 11.8 Å². The number of hydrogen-bond acceptors (Lipinski definition) is 3. The number of benzene rings is 3. The van der Waals surface area contributed by atoms with E-state index in [1.165, 1.54) is 0 Å². The molecule has 5 nitrogen and oxygen atoms in total. The van der Waals surface area contributed by atoms with Crippen LogP contribution in [-0.4, -0.2) is 22.3 Å². The molecule has 0 aliphatic carbocycles. The fraction of sp³-hybridized carbons (Fsp3) is 0.286. The van der Waals surface area contributed by atoms with Crippen LogP contribution in [0.1, 0.15) is 56.0 Å². The minimum atomic E-state index is -0.739. The Bertz CT molecular complexity index is 1140. The molecule has 0 bridgehead atoms. The number of nitrogens with zero attached hydrogens (tertiary/aromatic N) is 1. The third-order valence-corrected chi connectivity index (χ3v) is 5.97.